The Morgan fingerprint density at radius 2 is 0.678 bits per heavy atom. The first-order valence-corrected chi connectivity index (χ1v) is 25.1. The Labute approximate surface area is 365 Å². The summed E-state index contributed by atoms with van der Waals surface area (Å²) < 4.78 is 16.7. The molecular weight excluding hydrogens is 733 g/mol. The topological polar surface area (TPSA) is 78.9 Å². The molecule has 1 unspecified atom stereocenters. The van der Waals surface area contributed by atoms with Gasteiger partial charge in [-0.05, 0) is 70.6 Å². The molecule has 0 aliphatic rings. The molecule has 59 heavy (non-hydrogen) atoms. The molecule has 0 radical (unpaired) electrons. The second kappa shape index (κ2) is 48.0. The van der Waals surface area contributed by atoms with Crippen molar-refractivity contribution in [3.05, 3.63) is 48.6 Å². The summed E-state index contributed by atoms with van der Waals surface area (Å²) in [6.07, 6.45) is 56.8. The predicted octanol–water partition coefficient (Wildman–Crippen LogP) is 16.3. The highest BCUT2D eigenvalue weighted by molar-refractivity contribution is 5.71. The molecule has 0 spiro atoms. The summed E-state index contributed by atoms with van der Waals surface area (Å²) in [6.45, 7) is 6.47. The minimum Gasteiger partial charge on any atom is -0.462 e. The molecule has 0 aliphatic heterocycles. The third-order valence-corrected chi connectivity index (χ3v) is 10.8. The van der Waals surface area contributed by atoms with E-state index in [0.29, 0.717) is 19.3 Å². The molecule has 0 aromatic carbocycles. The summed E-state index contributed by atoms with van der Waals surface area (Å²) in [7, 11) is 0. The lowest BCUT2D eigenvalue weighted by molar-refractivity contribution is -0.167. The molecule has 0 bridgehead atoms. The van der Waals surface area contributed by atoms with Crippen molar-refractivity contribution in [1.29, 1.82) is 0 Å². The second-order valence-electron chi connectivity index (χ2n) is 16.7. The van der Waals surface area contributed by atoms with Crippen molar-refractivity contribution in [2.24, 2.45) is 0 Å². The van der Waals surface area contributed by atoms with E-state index in [2.05, 4.69) is 69.4 Å². The molecule has 0 heterocycles. The number of carbonyl (C=O) groups excluding carboxylic acids is 3. The van der Waals surface area contributed by atoms with Crippen LogP contribution in [0, 0.1) is 0 Å². The molecule has 0 rings (SSSR count). The molecule has 6 heteroatoms. The van der Waals surface area contributed by atoms with E-state index in [1.807, 2.05) is 0 Å². The minimum atomic E-state index is -0.785. The van der Waals surface area contributed by atoms with Gasteiger partial charge in [-0.1, -0.05) is 211 Å². The van der Waals surface area contributed by atoms with Gasteiger partial charge in [-0.2, -0.15) is 0 Å². The van der Waals surface area contributed by atoms with Gasteiger partial charge in [0.1, 0.15) is 13.2 Å². The fourth-order valence-corrected chi connectivity index (χ4v) is 7.05. The monoisotopic (exact) mass is 827 g/mol. The third kappa shape index (κ3) is 46.3. The first-order valence-electron chi connectivity index (χ1n) is 25.1. The summed E-state index contributed by atoms with van der Waals surface area (Å²) in [5.74, 6) is -0.928. The molecule has 0 aromatic heterocycles. The number of allylic oxidation sites excluding steroid dienone is 8. The van der Waals surface area contributed by atoms with Crippen molar-refractivity contribution < 1.29 is 28.6 Å². The quantitative estimate of drug-likeness (QED) is 0.0263. The molecule has 0 N–H and O–H groups in total. The molecule has 0 amide bonds. The van der Waals surface area contributed by atoms with Crippen molar-refractivity contribution in [3.8, 4) is 0 Å². The van der Waals surface area contributed by atoms with Crippen LogP contribution in [-0.4, -0.2) is 37.2 Å². The van der Waals surface area contributed by atoms with Gasteiger partial charge in [0.2, 0.25) is 0 Å². The molecule has 6 nitrogen and oxygen atoms in total. The highest BCUT2D eigenvalue weighted by Crippen LogP contribution is 2.15. The zero-order chi connectivity index (χ0) is 43.0. The van der Waals surface area contributed by atoms with E-state index in [4.69, 9.17) is 14.2 Å². The van der Waals surface area contributed by atoms with Crippen molar-refractivity contribution in [2.75, 3.05) is 13.2 Å². The summed E-state index contributed by atoms with van der Waals surface area (Å²) in [5, 5.41) is 0. The summed E-state index contributed by atoms with van der Waals surface area (Å²) in [4.78, 5) is 37.8. The van der Waals surface area contributed by atoms with Gasteiger partial charge >= 0.3 is 17.9 Å². The Morgan fingerprint density at radius 1 is 0.356 bits per heavy atom. The second-order valence-corrected chi connectivity index (χ2v) is 16.7. The van der Waals surface area contributed by atoms with Crippen LogP contribution in [0.1, 0.15) is 252 Å². The SMILES string of the molecule is CC/C=C\C/C=C\C/C=C\CCCCCCCCC(=O)OCC(COC(=O)CCC/C=C\CCCCCC)OC(=O)CCCCCCCCCCCCCCCCCC. The van der Waals surface area contributed by atoms with E-state index in [-0.39, 0.29) is 31.1 Å². The van der Waals surface area contributed by atoms with Gasteiger partial charge in [-0.25, -0.2) is 0 Å². The van der Waals surface area contributed by atoms with Crippen LogP contribution < -0.4 is 0 Å². The molecule has 0 aromatic rings. The summed E-state index contributed by atoms with van der Waals surface area (Å²) in [5.41, 5.74) is 0. The number of hydrogen-bond acceptors (Lipinski definition) is 6. The smallest absolute Gasteiger partial charge is 0.306 e. The first-order chi connectivity index (χ1) is 29.0. The van der Waals surface area contributed by atoms with Crippen molar-refractivity contribution >= 4 is 17.9 Å². The fourth-order valence-electron chi connectivity index (χ4n) is 7.05. The molecule has 0 fully saturated rings. The number of ether oxygens (including phenoxy) is 3. The van der Waals surface area contributed by atoms with Gasteiger partial charge in [-0.15, -0.1) is 0 Å². The van der Waals surface area contributed by atoms with Crippen LogP contribution in [0.15, 0.2) is 48.6 Å². The zero-order valence-electron chi connectivity index (χ0n) is 39.0. The highest BCUT2D eigenvalue weighted by Gasteiger charge is 2.19. The van der Waals surface area contributed by atoms with Crippen molar-refractivity contribution in [2.45, 2.75) is 258 Å². The van der Waals surface area contributed by atoms with Crippen LogP contribution in [0.25, 0.3) is 0 Å². The maximum absolute atomic E-state index is 12.8. The van der Waals surface area contributed by atoms with E-state index in [0.717, 1.165) is 83.5 Å². The van der Waals surface area contributed by atoms with Crippen LogP contribution >= 0.6 is 0 Å². The fraction of sp³-hybridized carbons (Fsp3) is 0.792. The van der Waals surface area contributed by atoms with Crippen LogP contribution in [0.4, 0.5) is 0 Å². The number of esters is 3. The zero-order valence-corrected chi connectivity index (χ0v) is 39.0. The summed E-state index contributed by atoms with van der Waals surface area (Å²) in [6, 6.07) is 0. The Morgan fingerprint density at radius 3 is 1.14 bits per heavy atom. The maximum atomic E-state index is 12.8. The lowest BCUT2D eigenvalue weighted by Gasteiger charge is -2.18. The molecule has 1 atom stereocenters. The van der Waals surface area contributed by atoms with Gasteiger partial charge in [0.05, 0.1) is 0 Å². The van der Waals surface area contributed by atoms with E-state index < -0.39 is 6.10 Å². The van der Waals surface area contributed by atoms with Gasteiger partial charge in [0.15, 0.2) is 6.10 Å². The largest absolute Gasteiger partial charge is 0.462 e. The number of rotatable bonds is 45. The van der Waals surface area contributed by atoms with E-state index in [9.17, 15) is 14.4 Å². The van der Waals surface area contributed by atoms with Gasteiger partial charge in [0, 0.05) is 19.3 Å². The minimum absolute atomic E-state index is 0.0865. The molecule has 0 saturated heterocycles. The molecule has 0 aliphatic carbocycles. The normalized spacial score (nSPS) is 12.4. The molecule has 342 valence electrons. The van der Waals surface area contributed by atoms with Crippen molar-refractivity contribution in [3.63, 3.8) is 0 Å². The number of carbonyl (C=O) groups is 3. The Balaban J connectivity index is 4.34. The molecular formula is C53H94O6. The van der Waals surface area contributed by atoms with Gasteiger partial charge < -0.3 is 14.2 Å². The number of unbranched alkanes of at least 4 members (excludes halogenated alkanes) is 26. The highest BCUT2D eigenvalue weighted by atomic mass is 16.6. The maximum Gasteiger partial charge on any atom is 0.306 e. The average molecular weight is 827 g/mol. The lowest BCUT2D eigenvalue weighted by atomic mass is 10.0. The first kappa shape index (κ1) is 56.4. The van der Waals surface area contributed by atoms with Crippen LogP contribution in [0.3, 0.4) is 0 Å². The Kier molecular flexibility index (Phi) is 45.9. The third-order valence-electron chi connectivity index (χ3n) is 10.8. The van der Waals surface area contributed by atoms with Gasteiger partial charge in [0.25, 0.3) is 0 Å². The Bertz CT molecular complexity index is 1040. The Hall–Kier alpha value is -2.63. The summed E-state index contributed by atoms with van der Waals surface area (Å²) >= 11 is 0. The lowest BCUT2D eigenvalue weighted by Crippen LogP contribution is -2.30. The van der Waals surface area contributed by atoms with Crippen LogP contribution in [0.5, 0.6) is 0 Å². The molecule has 0 saturated carbocycles. The predicted molar refractivity (Wildman–Crippen MR) is 252 cm³/mol. The van der Waals surface area contributed by atoms with Gasteiger partial charge in [-0.3, -0.25) is 14.4 Å². The van der Waals surface area contributed by atoms with Crippen LogP contribution in [-0.2, 0) is 28.6 Å². The number of hydrogen-bond donors (Lipinski definition) is 0. The van der Waals surface area contributed by atoms with E-state index in [1.54, 1.807) is 0 Å². The van der Waals surface area contributed by atoms with Crippen LogP contribution in [0.2, 0.25) is 0 Å². The van der Waals surface area contributed by atoms with E-state index >= 15 is 0 Å². The average Bonchev–Trinajstić information content (AvgIpc) is 3.23. The van der Waals surface area contributed by atoms with E-state index in [1.165, 1.54) is 128 Å². The van der Waals surface area contributed by atoms with Crippen molar-refractivity contribution in [1.82, 2.24) is 0 Å². The standard InChI is InChI=1S/C53H94O6/c1-4-7-10-13-16-19-21-23-25-27-29-31-34-37-40-43-46-52(55)58-49-50(48-57-51(54)45-42-39-36-33-18-15-12-9-6-3)59-53(56)47-44-41-38-35-32-30-28-26-24-22-20-17-14-11-8-5-2/h7,10,16,19,23,25,33,36,50H,4-6,8-9,11-15,17-18,20-22,24,26-32,34-35,37-49H2,1-3H3/b10-7-,19-16-,25-23-,36-33-.